The second-order valence-corrected chi connectivity index (χ2v) is 5.83. The summed E-state index contributed by atoms with van der Waals surface area (Å²) in [6.45, 7) is 0.677. The minimum atomic E-state index is -1.11. The summed E-state index contributed by atoms with van der Waals surface area (Å²) in [6.07, 6.45) is 0.845. The highest BCUT2D eigenvalue weighted by atomic mass is 35.5. The lowest BCUT2D eigenvalue weighted by atomic mass is 9.82. The molecule has 6 heteroatoms. The second-order valence-electron chi connectivity index (χ2n) is 5.83. The topological polar surface area (TPSA) is 67.9 Å². The normalized spacial score (nSPS) is 21.8. The van der Waals surface area contributed by atoms with Crippen LogP contribution in [0.2, 0.25) is 0 Å². The number of rotatable bonds is 2. The molecule has 24 heavy (non-hydrogen) atoms. The van der Waals surface area contributed by atoms with E-state index in [0.717, 1.165) is 28.9 Å². The third-order valence-electron chi connectivity index (χ3n) is 4.54. The number of benzene rings is 2. The van der Waals surface area contributed by atoms with E-state index in [1.54, 1.807) is 7.05 Å². The fourth-order valence-corrected chi connectivity index (χ4v) is 3.28. The molecule has 0 bridgehead atoms. The maximum Gasteiger partial charge on any atom is 0.266 e. The van der Waals surface area contributed by atoms with Gasteiger partial charge in [0.25, 0.3) is 5.91 Å². The molecule has 2 aliphatic heterocycles. The number of nitrogens with zero attached hydrogens (tertiary/aromatic N) is 2. The van der Waals surface area contributed by atoms with Crippen molar-refractivity contribution in [3.63, 3.8) is 0 Å². The van der Waals surface area contributed by atoms with Gasteiger partial charge in [0, 0.05) is 13.5 Å². The predicted molar refractivity (Wildman–Crippen MR) is 94.5 cm³/mol. The van der Waals surface area contributed by atoms with Crippen molar-refractivity contribution in [2.45, 2.75) is 12.0 Å². The average Bonchev–Trinajstić information content (AvgIpc) is 3.14. The van der Waals surface area contributed by atoms with E-state index >= 15 is 0 Å². The van der Waals surface area contributed by atoms with E-state index in [-0.39, 0.29) is 24.3 Å². The molecule has 4 rings (SSSR count). The minimum Gasteiger partial charge on any atom is -0.493 e. The first-order valence-corrected chi connectivity index (χ1v) is 7.58. The van der Waals surface area contributed by atoms with Gasteiger partial charge in [-0.25, -0.2) is 4.99 Å². The predicted octanol–water partition coefficient (Wildman–Crippen LogP) is 2.07. The molecule has 2 heterocycles. The lowest BCUT2D eigenvalue weighted by Gasteiger charge is -2.26. The van der Waals surface area contributed by atoms with Crippen molar-refractivity contribution in [2.24, 2.45) is 10.7 Å². The molecule has 0 spiro atoms. The van der Waals surface area contributed by atoms with Crippen LogP contribution in [0, 0.1) is 0 Å². The van der Waals surface area contributed by atoms with Gasteiger partial charge in [0.05, 0.1) is 6.61 Å². The Kier molecular flexibility index (Phi) is 3.97. The first-order valence-electron chi connectivity index (χ1n) is 7.58. The van der Waals surface area contributed by atoms with Crippen LogP contribution in [0.15, 0.2) is 53.5 Å². The summed E-state index contributed by atoms with van der Waals surface area (Å²) in [5.41, 5.74) is 7.59. The van der Waals surface area contributed by atoms with Crippen molar-refractivity contribution in [3.8, 4) is 5.75 Å². The van der Waals surface area contributed by atoms with Crippen LogP contribution in [0.4, 0.5) is 0 Å². The summed E-state index contributed by atoms with van der Waals surface area (Å²) < 4.78 is 5.57. The molecular formula is C18H18ClN3O2. The maximum atomic E-state index is 13.0. The van der Waals surface area contributed by atoms with Crippen LogP contribution in [-0.2, 0) is 16.8 Å². The molecule has 124 valence electrons. The summed E-state index contributed by atoms with van der Waals surface area (Å²) in [7, 11) is 1.66. The van der Waals surface area contributed by atoms with Crippen molar-refractivity contribution in [1.29, 1.82) is 0 Å². The van der Waals surface area contributed by atoms with Crippen LogP contribution in [0.5, 0.6) is 5.75 Å². The summed E-state index contributed by atoms with van der Waals surface area (Å²) in [5.74, 6) is 0.975. The van der Waals surface area contributed by atoms with Crippen LogP contribution >= 0.6 is 12.4 Å². The number of carbonyl (C=O) groups is 1. The van der Waals surface area contributed by atoms with Gasteiger partial charge in [-0.1, -0.05) is 36.4 Å². The van der Waals surface area contributed by atoms with Gasteiger partial charge >= 0.3 is 0 Å². The largest absolute Gasteiger partial charge is 0.493 e. The number of hydrogen-bond acceptors (Lipinski definition) is 4. The standard InChI is InChI=1S/C18H17N3O2.ClH/c1-21-16(22)18(20-17(21)19,13-5-3-2-4-6-13)14-7-8-15-12(11-14)9-10-23-15;/h2-8,11H,9-10H2,1H3,(H2,19,20);1H. The van der Waals surface area contributed by atoms with Gasteiger partial charge in [0.2, 0.25) is 0 Å². The van der Waals surface area contributed by atoms with Crippen LogP contribution in [-0.4, -0.2) is 30.4 Å². The third kappa shape index (κ3) is 2.16. The lowest BCUT2D eigenvalue weighted by molar-refractivity contribution is -0.129. The van der Waals surface area contributed by atoms with Crippen molar-refractivity contribution in [2.75, 3.05) is 13.7 Å². The number of aliphatic imine (C=N–C) groups is 1. The molecule has 0 saturated heterocycles. The molecule has 0 aromatic heterocycles. The zero-order valence-electron chi connectivity index (χ0n) is 13.2. The number of halogens is 1. The Morgan fingerprint density at radius 2 is 1.92 bits per heavy atom. The molecule has 2 aromatic carbocycles. The molecule has 2 aliphatic rings. The van der Waals surface area contributed by atoms with Crippen LogP contribution < -0.4 is 10.5 Å². The Morgan fingerprint density at radius 1 is 1.17 bits per heavy atom. The number of hydrogen-bond donors (Lipinski definition) is 1. The van der Waals surface area contributed by atoms with Gasteiger partial charge in [-0.3, -0.25) is 9.69 Å². The number of amides is 1. The molecule has 1 atom stereocenters. The average molecular weight is 344 g/mol. The highest BCUT2D eigenvalue weighted by molar-refractivity contribution is 6.08. The molecule has 1 unspecified atom stereocenters. The first kappa shape index (κ1) is 16.3. The Labute approximate surface area is 146 Å². The van der Waals surface area contributed by atoms with Gasteiger partial charge in [-0.2, -0.15) is 0 Å². The number of ether oxygens (including phenoxy) is 1. The third-order valence-corrected chi connectivity index (χ3v) is 4.54. The maximum absolute atomic E-state index is 13.0. The monoisotopic (exact) mass is 343 g/mol. The molecule has 0 fully saturated rings. The molecule has 5 nitrogen and oxygen atoms in total. The number of guanidine groups is 1. The van der Waals surface area contributed by atoms with Crippen molar-refractivity contribution in [1.82, 2.24) is 4.90 Å². The fourth-order valence-electron chi connectivity index (χ4n) is 3.28. The van der Waals surface area contributed by atoms with Gasteiger partial charge in [-0.05, 0) is 28.8 Å². The second kappa shape index (κ2) is 5.83. The van der Waals surface area contributed by atoms with E-state index in [1.807, 2.05) is 48.5 Å². The molecule has 1 amide bonds. The van der Waals surface area contributed by atoms with E-state index in [2.05, 4.69) is 4.99 Å². The van der Waals surface area contributed by atoms with Gasteiger partial charge in [0.15, 0.2) is 11.5 Å². The number of likely N-dealkylation sites (N-methyl/N-ethyl adjacent to an activating group) is 1. The molecule has 0 saturated carbocycles. The van der Waals surface area contributed by atoms with Gasteiger partial charge < -0.3 is 10.5 Å². The van der Waals surface area contributed by atoms with Gasteiger partial charge in [-0.15, -0.1) is 12.4 Å². The van der Waals surface area contributed by atoms with Crippen LogP contribution in [0.25, 0.3) is 0 Å². The van der Waals surface area contributed by atoms with Crippen molar-refractivity contribution < 1.29 is 9.53 Å². The molecule has 2 N–H and O–H groups in total. The summed E-state index contributed by atoms with van der Waals surface area (Å²) in [5, 5.41) is 0. The minimum absolute atomic E-state index is 0. The van der Waals surface area contributed by atoms with Crippen LogP contribution in [0.1, 0.15) is 16.7 Å². The number of fused-ring (bicyclic) bond motifs is 1. The lowest BCUT2D eigenvalue weighted by Crippen LogP contribution is -2.41. The molecular weight excluding hydrogens is 326 g/mol. The summed E-state index contributed by atoms with van der Waals surface area (Å²) in [6, 6.07) is 15.4. The fraction of sp³-hybridized carbons (Fsp3) is 0.222. The Morgan fingerprint density at radius 3 is 2.58 bits per heavy atom. The van der Waals surface area contributed by atoms with E-state index in [0.29, 0.717) is 6.61 Å². The van der Waals surface area contributed by atoms with E-state index in [1.165, 1.54) is 4.90 Å². The summed E-state index contributed by atoms with van der Waals surface area (Å²) in [4.78, 5) is 19.0. The van der Waals surface area contributed by atoms with Crippen molar-refractivity contribution in [3.05, 3.63) is 65.2 Å². The number of carbonyl (C=O) groups excluding carboxylic acids is 1. The Hall–Kier alpha value is -2.53. The highest BCUT2D eigenvalue weighted by Gasteiger charge is 2.49. The van der Waals surface area contributed by atoms with Crippen molar-refractivity contribution >= 4 is 24.3 Å². The zero-order chi connectivity index (χ0) is 16.0. The highest BCUT2D eigenvalue weighted by Crippen LogP contribution is 2.41. The smallest absolute Gasteiger partial charge is 0.266 e. The Bertz CT molecular complexity index is 822. The van der Waals surface area contributed by atoms with E-state index < -0.39 is 5.54 Å². The Balaban J connectivity index is 0.00000169. The molecule has 2 aromatic rings. The quantitative estimate of drug-likeness (QED) is 0.907. The number of nitrogens with two attached hydrogens (primary N) is 1. The SMILES string of the molecule is CN1C(=O)C(c2ccccc2)(c2ccc3c(c2)CCO3)N=C1N.Cl. The summed E-state index contributed by atoms with van der Waals surface area (Å²) >= 11 is 0. The zero-order valence-corrected chi connectivity index (χ0v) is 14.0. The first-order chi connectivity index (χ1) is 11.1. The molecule has 0 radical (unpaired) electrons. The van der Waals surface area contributed by atoms with E-state index in [4.69, 9.17) is 10.5 Å². The van der Waals surface area contributed by atoms with Gasteiger partial charge in [0.1, 0.15) is 5.75 Å². The van der Waals surface area contributed by atoms with E-state index in [9.17, 15) is 4.79 Å². The van der Waals surface area contributed by atoms with Crippen LogP contribution in [0.3, 0.4) is 0 Å². The molecule has 0 aliphatic carbocycles.